The molecule has 1 aliphatic carbocycles. The van der Waals surface area contributed by atoms with Crippen LogP contribution < -0.4 is 15.8 Å². The van der Waals surface area contributed by atoms with Crippen molar-refractivity contribution in [2.75, 3.05) is 11.6 Å². The van der Waals surface area contributed by atoms with Gasteiger partial charge in [0.2, 0.25) is 11.8 Å². The van der Waals surface area contributed by atoms with E-state index in [0.29, 0.717) is 30.6 Å². The Balaban J connectivity index is 1.33. The zero-order valence-electron chi connectivity index (χ0n) is 19.3. The number of nitrogens with one attached hydrogen (secondary N) is 2. The molecule has 176 valence electrons. The molecule has 2 aliphatic rings. The Morgan fingerprint density at radius 1 is 0.857 bits per heavy atom. The Hall–Kier alpha value is -4.19. The number of hydrogen-bond acceptors (Lipinski definition) is 3. The summed E-state index contributed by atoms with van der Waals surface area (Å²) in [5, 5.41) is 4.34. The lowest BCUT2D eigenvalue weighted by Crippen LogP contribution is -2.59. The van der Waals surface area contributed by atoms with E-state index < -0.39 is 0 Å². The van der Waals surface area contributed by atoms with Crippen LogP contribution in [0.1, 0.15) is 40.2 Å². The zero-order valence-corrected chi connectivity index (χ0v) is 19.3. The Morgan fingerprint density at radius 2 is 1.49 bits per heavy atom. The second-order valence-electron chi connectivity index (χ2n) is 8.94. The summed E-state index contributed by atoms with van der Waals surface area (Å²) >= 11 is 0. The lowest BCUT2D eigenvalue weighted by molar-refractivity contribution is -0.139. The lowest BCUT2D eigenvalue weighted by Gasteiger charge is -2.38. The number of rotatable bonds is 6. The second-order valence-corrected chi connectivity index (χ2v) is 8.94. The second kappa shape index (κ2) is 9.97. The van der Waals surface area contributed by atoms with E-state index in [1.54, 1.807) is 24.3 Å². The van der Waals surface area contributed by atoms with E-state index in [4.69, 9.17) is 0 Å². The maximum absolute atomic E-state index is 13.1. The normalized spacial score (nSPS) is 19.3. The molecule has 3 aromatic rings. The predicted octanol–water partition coefficient (Wildman–Crippen LogP) is 4.21. The molecular weight excluding hydrogens is 438 g/mol. The van der Waals surface area contributed by atoms with Gasteiger partial charge in [-0.05, 0) is 42.2 Å². The first-order chi connectivity index (χ1) is 17.1. The molecule has 5 rings (SSSR count). The van der Waals surface area contributed by atoms with Crippen molar-refractivity contribution in [1.82, 2.24) is 10.7 Å². The SMILES string of the molecule is O=C(NCC(c1ccccc1)c1ccccc1)c1cccc(N2NC(=O)C3CC=CCC3C2=O)c1. The molecule has 0 radical (unpaired) electrons. The molecule has 35 heavy (non-hydrogen) atoms. The monoisotopic (exact) mass is 465 g/mol. The van der Waals surface area contributed by atoms with E-state index in [1.165, 1.54) is 5.01 Å². The van der Waals surface area contributed by atoms with Crippen LogP contribution in [0, 0.1) is 11.8 Å². The number of allylic oxidation sites excluding steroid dienone is 2. The number of carbonyl (C=O) groups is 3. The number of carbonyl (C=O) groups excluding carboxylic acids is 3. The van der Waals surface area contributed by atoms with Gasteiger partial charge in [-0.15, -0.1) is 0 Å². The summed E-state index contributed by atoms with van der Waals surface area (Å²) in [6.07, 6.45) is 5.03. The Morgan fingerprint density at radius 3 is 2.14 bits per heavy atom. The smallest absolute Gasteiger partial charge is 0.251 e. The van der Waals surface area contributed by atoms with Gasteiger partial charge in [-0.1, -0.05) is 78.9 Å². The first-order valence-electron chi connectivity index (χ1n) is 11.9. The third-order valence-corrected chi connectivity index (χ3v) is 6.77. The van der Waals surface area contributed by atoms with Crippen molar-refractivity contribution in [3.63, 3.8) is 0 Å². The molecule has 1 saturated heterocycles. The van der Waals surface area contributed by atoms with Gasteiger partial charge in [-0.3, -0.25) is 19.8 Å². The van der Waals surface area contributed by atoms with Gasteiger partial charge in [0.05, 0.1) is 17.5 Å². The van der Waals surface area contributed by atoms with E-state index in [-0.39, 0.29) is 35.5 Å². The van der Waals surface area contributed by atoms with Crippen LogP contribution >= 0.6 is 0 Å². The maximum Gasteiger partial charge on any atom is 0.251 e. The Kier molecular flexibility index (Phi) is 6.44. The number of amides is 3. The van der Waals surface area contributed by atoms with Gasteiger partial charge in [-0.25, -0.2) is 5.01 Å². The number of hydrazine groups is 1. The molecule has 6 heteroatoms. The van der Waals surface area contributed by atoms with Gasteiger partial charge < -0.3 is 5.32 Å². The summed E-state index contributed by atoms with van der Waals surface area (Å²) in [5.41, 5.74) is 5.86. The van der Waals surface area contributed by atoms with Gasteiger partial charge in [0.15, 0.2) is 0 Å². The fourth-order valence-electron chi connectivity index (χ4n) is 4.86. The van der Waals surface area contributed by atoms with Crippen LogP contribution in [0.15, 0.2) is 97.1 Å². The summed E-state index contributed by atoms with van der Waals surface area (Å²) in [4.78, 5) is 38.8. The molecule has 1 heterocycles. The van der Waals surface area contributed by atoms with Crippen LogP contribution in [0.5, 0.6) is 0 Å². The molecular formula is C29H27N3O3. The third kappa shape index (κ3) is 4.73. The number of anilines is 1. The minimum atomic E-state index is -0.372. The average Bonchev–Trinajstić information content (AvgIpc) is 2.92. The quantitative estimate of drug-likeness (QED) is 0.536. The van der Waals surface area contributed by atoms with Crippen LogP contribution in [0.3, 0.4) is 0 Å². The molecule has 3 amide bonds. The number of nitrogens with zero attached hydrogens (tertiary/aromatic N) is 1. The average molecular weight is 466 g/mol. The predicted molar refractivity (Wildman–Crippen MR) is 134 cm³/mol. The van der Waals surface area contributed by atoms with Crippen molar-refractivity contribution in [3.05, 3.63) is 114 Å². The molecule has 1 fully saturated rings. The molecule has 2 N–H and O–H groups in total. The number of fused-ring (bicyclic) bond motifs is 1. The summed E-state index contributed by atoms with van der Waals surface area (Å²) in [6.45, 7) is 0.423. The largest absolute Gasteiger partial charge is 0.351 e. The van der Waals surface area contributed by atoms with Gasteiger partial charge in [0.25, 0.3) is 5.91 Å². The summed E-state index contributed by atoms with van der Waals surface area (Å²) in [6, 6.07) is 27.0. The first-order valence-corrected chi connectivity index (χ1v) is 11.9. The highest BCUT2D eigenvalue weighted by Gasteiger charge is 2.42. The van der Waals surface area contributed by atoms with E-state index in [0.717, 1.165) is 11.1 Å². The van der Waals surface area contributed by atoms with Gasteiger partial charge in [0.1, 0.15) is 0 Å². The Labute approximate surface area is 204 Å². The number of hydrogen-bond donors (Lipinski definition) is 2. The van der Waals surface area contributed by atoms with Crippen LogP contribution in [-0.4, -0.2) is 24.3 Å². The molecule has 2 unspecified atom stereocenters. The summed E-state index contributed by atoms with van der Waals surface area (Å²) in [7, 11) is 0. The van der Waals surface area contributed by atoms with Gasteiger partial charge in [-0.2, -0.15) is 0 Å². The molecule has 3 aromatic carbocycles. The molecule has 1 aliphatic heterocycles. The topological polar surface area (TPSA) is 78.5 Å². The van der Waals surface area contributed by atoms with Crippen molar-refractivity contribution in [2.24, 2.45) is 11.8 Å². The van der Waals surface area contributed by atoms with Crippen LogP contribution in [0.25, 0.3) is 0 Å². The zero-order chi connectivity index (χ0) is 24.2. The van der Waals surface area contributed by atoms with Crippen molar-refractivity contribution in [1.29, 1.82) is 0 Å². The maximum atomic E-state index is 13.1. The van der Waals surface area contributed by atoms with Crippen LogP contribution in [0.2, 0.25) is 0 Å². The standard InChI is InChI=1S/C29H27N3O3/c33-27(30-19-26(20-10-3-1-4-11-20)21-12-5-2-6-13-21)22-14-9-15-23(18-22)32-29(35)25-17-8-7-16-24(25)28(34)31-32/h1-15,18,24-26H,16-17,19H2,(H,30,33)(H,31,34). The van der Waals surface area contributed by atoms with Gasteiger partial charge >= 0.3 is 0 Å². The number of benzene rings is 3. The third-order valence-electron chi connectivity index (χ3n) is 6.77. The van der Waals surface area contributed by atoms with Crippen molar-refractivity contribution < 1.29 is 14.4 Å². The molecule has 0 saturated carbocycles. The Bertz CT molecular complexity index is 1220. The lowest BCUT2D eigenvalue weighted by atomic mass is 9.80. The van der Waals surface area contributed by atoms with E-state index in [2.05, 4.69) is 35.0 Å². The molecule has 0 bridgehead atoms. The highest BCUT2D eigenvalue weighted by atomic mass is 16.2. The summed E-state index contributed by atoms with van der Waals surface area (Å²) in [5.74, 6) is -1.25. The van der Waals surface area contributed by atoms with Crippen LogP contribution in [0.4, 0.5) is 5.69 Å². The van der Waals surface area contributed by atoms with Crippen molar-refractivity contribution in [3.8, 4) is 0 Å². The van der Waals surface area contributed by atoms with Crippen molar-refractivity contribution >= 4 is 23.4 Å². The summed E-state index contributed by atoms with van der Waals surface area (Å²) < 4.78 is 0. The van der Waals surface area contributed by atoms with E-state index in [9.17, 15) is 14.4 Å². The van der Waals surface area contributed by atoms with Gasteiger partial charge in [0, 0.05) is 18.0 Å². The molecule has 0 spiro atoms. The molecule has 0 aromatic heterocycles. The molecule has 6 nitrogen and oxygen atoms in total. The fourth-order valence-corrected chi connectivity index (χ4v) is 4.86. The minimum Gasteiger partial charge on any atom is -0.351 e. The minimum absolute atomic E-state index is 0.00350. The fraction of sp³-hybridized carbons (Fsp3) is 0.207. The van der Waals surface area contributed by atoms with Crippen molar-refractivity contribution in [2.45, 2.75) is 18.8 Å². The van der Waals surface area contributed by atoms with Crippen LogP contribution in [-0.2, 0) is 9.59 Å². The molecule has 2 atom stereocenters. The highest BCUT2D eigenvalue weighted by molar-refractivity contribution is 6.05. The highest BCUT2D eigenvalue weighted by Crippen LogP contribution is 2.32. The van der Waals surface area contributed by atoms with E-state index in [1.807, 2.05) is 48.6 Å². The van der Waals surface area contributed by atoms with E-state index >= 15 is 0 Å². The first kappa shape index (κ1) is 22.6.